The summed E-state index contributed by atoms with van der Waals surface area (Å²) >= 11 is 6.49. The van der Waals surface area contributed by atoms with Crippen LogP contribution in [0.25, 0.3) is 0 Å². The average molecular weight is 261 g/mol. The van der Waals surface area contributed by atoms with E-state index >= 15 is 0 Å². The van der Waals surface area contributed by atoms with Gasteiger partial charge in [-0.1, -0.05) is 36.4 Å². The molecule has 0 aliphatic heterocycles. The molecular weight excluding hydrogens is 244 g/mol. The van der Waals surface area contributed by atoms with Crippen LogP contribution < -0.4 is 4.74 Å². The molecule has 0 aliphatic rings. The van der Waals surface area contributed by atoms with E-state index in [1.807, 2.05) is 30.3 Å². The average Bonchev–Trinajstić information content (AvgIpc) is 2.41. The number of ether oxygens (including phenoxy) is 1. The highest BCUT2D eigenvalue weighted by atomic mass is 35.5. The monoisotopic (exact) mass is 260 g/mol. The lowest BCUT2D eigenvalue weighted by Crippen LogP contribution is -1.98. The molecule has 94 valence electrons. The third kappa shape index (κ3) is 3.05. The highest BCUT2D eigenvalue weighted by molar-refractivity contribution is 6.20. The van der Waals surface area contributed by atoms with E-state index in [0.29, 0.717) is 0 Å². The van der Waals surface area contributed by atoms with Crippen molar-refractivity contribution in [2.24, 2.45) is 0 Å². The van der Waals surface area contributed by atoms with Crippen molar-refractivity contribution < 1.29 is 4.74 Å². The van der Waals surface area contributed by atoms with Gasteiger partial charge in [0.05, 0.1) is 12.5 Å². The van der Waals surface area contributed by atoms with Crippen molar-refractivity contribution >= 4 is 11.6 Å². The Morgan fingerprint density at radius 3 is 2.61 bits per heavy atom. The zero-order valence-electron chi connectivity index (χ0n) is 10.7. The molecule has 2 rings (SSSR count). The van der Waals surface area contributed by atoms with E-state index in [1.54, 1.807) is 7.11 Å². The Morgan fingerprint density at radius 2 is 1.89 bits per heavy atom. The smallest absolute Gasteiger partial charge is 0.119 e. The molecule has 2 aromatic rings. The van der Waals surface area contributed by atoms with Gasteiger partial charge in [0.25, 0.3) is 0 Å². The van der Waals surface area contributed by atoms with Crippen LogP contribution in [0.2, 0.25) is 0 Å². The number of benzene rings is 2. The first kappa shape index (κ1) is 13.0. The first-order valence-corrected chi connectivity index (χ1v) is 6.47. The molecule has 0 aliphatic carbocycles. The molecule has 0 radical (unpaired) electrons. The van der Waals surface area contributed by atoms with Crippen molar-refractivity contribution in [2.75, 3.05) is 7.11 Å². The fourth-order valence-electron chi connectivity index (χ4n) is 1.99. The molecular formula is C16H17ClO. The van der Waals surface area contributed by atoms with E-state index in [-0.39, 0.29) is 5.38 Å². The molecule has 0 saturated heterocycles. The summed E-state index contributed by atoms with van der Waals surface area (Å²) in [6.45, 7) is 2.12. The van der Waals surface area contributed by atoms with Crippen LogP contribution in [-0.2, 0) is 6.42 Å². The minimum absolute atomic E-state index is 0.0267. The Hall–Kier alpha value is -1.47. The van der Waals surface area contributed by atoms with Gasteiger partial charge in [-0.2, -0.15) is 0 Å². The zero-order valence-corrected chi connectivity index (χ0v) is 11.4. The van der Waals surface area contributed by atoms with Crippen LogP contribution in [-0.4, -0.2) is 7.11 Å². The Morgan fingerprint density at radius 1 is 1.11 bits per heavy atom. The molecule has 2 heteroatoms. The van der Waals surface area contributed by atoms with Gasteiger partial charge in [-0.15, -0.1) is 11.6 Å². The lowest BCUT2D eigenvalue weighted by atomic mass is 10.00. The quantitative estimate of drug-likeness (QED) is 0.734. The van der Waals surface area contributed by atoms with Crippen molar-refractivity contribution in [1.82, 2.24) is 0 Å². The summed E-state index contributed by atoms with van der Waals surface area (Å²) in [5, 5.41) is -0.0267. The van der Waals surface area contributed by atoms with E-state index in [0.717, 1.165) is 17.7 Å². The number of hydrogen-bond acceptors (Lipinski definition) is 1. The van der Waals surface area contributed by atoms with Gasteiger partial charge in [-0.05, 0) is 42.2 Å². The molecule has 0 bridgehead atoms. The van der Waals surface area contributed by atoms with Crippen molar-refractivity contribution in [1.29, 1.82) is 0 Å². The highest BCUT2D eigenvalue weighted by Crippen LogP contribution is 2.28. The van der Waals surface area contributed by atoms with Gasteiger partial charge < -0.3 is 4.74 Å². The lowest BCUT2D eigenvalue weighted by molar-refractivity contribution is 0.414. The maximum atomic E-state index is 6.49. The lowest BCUT2D eigenvalue weighted by Gasteiger charge is -2.13. The maximum Gasteiger partial charge on any atom is 0.119 e. The van der Waals surface area contributed by atoms with Crippen LogP contribution in [0.1, 0.15) is 22.1 Å². The van der Waals surface area contributed by atoms with E-state index in [4.69, 9.17) is 16.3 Å². The summed E-state index contributed by atoms with van der Waals surface area (Å²) in [7, 11) is 1.67. The van der Waals surface area contributed by atoms with Gasteiger partial charge in [-0.3, -0.25) is 0 Å². The molecule has 2 aromatic carbocycles. The van der Waals surface area contributed by atoms with E-state index in [1.165, 1.54) is 11.1 Å². The van der Waals surface area contributed by atoms with Crippen LogP contribution in [0.15, 0.2) is 48.5 Å². The van der Waals surface area contributed by atoms with Crippen LogP contribution >= 0.6 is 11.6 Å². The predicted octanol–water partition coefficient (Wildman–Crippen LogP) is 4.53. The maximum absolute atomic E-state index is 6.49. The fraction of sp³-hybridized carbons (Fsp3) is 0.250. The van der Waals surface area contributed by atoms with E-state index < -0.39 is 0 Å². The second-order valence-corrected chi connectivity index (χ2v) is 4.90. The molecule has 0 heterocycles. The van der Waals surface area contributed by atoms with Gasteiger partial charge in [0.15, 0.2) is 0 Å². The first-order valence-electron chi connectivity index (χ1n) is 6.03. The van der Waals surface area contributed by atoms with Crippen LogP contribution in [0.3, 0.4) is 0 Å². The van der Waals surface area contributed by atoms with Gasteiger partial charge in [-0.25, -0.2) is 0 Å². The standard InChI is InChI=1S/C16H17ClO/c1-12-6-3-4-7-13(12)11-16(17)14-8-5-9-15(10-14)18-2/h3-10,16H,11H2,1-2H3. The molecule has 1 unspecified atom stereocenters. The van der Waals surface area contributed by atoms with Gasteiger partial charge in [0.1, 0.15) is 5.75 Å². The SMILES string of the molecule is COc1cccc(C(Cl)Cc2ccccc2C)c1. The van der Waals surface area contributed by atoms with E-state index in [2.05, 4.69) is 25.1 Å². The molecule has 0 fully saturated rings. The Bertz CT molecular complexity index is 522. The number of halogens is 1. The third-order valence-electron chi connectivity index (χ3n) is 3.12. The molecule has 0 saturated carbocycles. The zero-order chi connectivity index (χ0) is 13.0. The molecule has 0 amide bonds. The topological polar surface area (TPSA) is 9.23 Å². The minimum Gasteiger partial charge on any atom is -0.497 e. The number of aryl methyl sites for hydroxylation is 1. The summed E-state index contributed by atoms with van der Waals surface area (Å²) in [6.07, 6.45) is 0.835. The Balaban J connectivity index is 2.16. The van der Waals surface area contributed by atoms with Crippen molar-refractivity contribution in [3.05, 3.63) is 65.2 Å². The number of rotatable bonds is 4. The van der Waals surface area contributed by atoms with Gasteiger partial charge in [0.2, 0.25) is 0 Å². The van der Waals surface area contributed by atoms with Crippen LogP contribution in [0.4, 0.5) is 0 Å². The van der Waals surface area contributed by atoms with Crippen molar-refractivity contribution in [3.8, 4) is 5.75 Å². The molecule has 1 atom stereocenters. The second-order valence-electron chi connectivity index (χ2n) is 4.37. The van der Waals surface area contributed by atoms with Gasteiger partial charge in [0, 0.05) is 0 Å². The first-order chi connectivity index (χ1) is 8.70. The molecule has 1 nitrogen and oxygen atoms in total. The van der Waals surface area contributed by atoms with Crippen molar-refractivity contribution in [2.45, 2.75) is 18.7 Å². The van der Waals surface area contributed by atoms with Crippen molar-refractivity contribution in [3.63, 3.8) is 0 Å². The summed E-state index contributed by atoms with van der Waals surface area (Å²) in [5.41, 5.74) is 3.67. The number of hydrogen-bond donors (Lipinski definition) is 0. The fourth-order valence-corrected chi connectivity index (χ4v) is 2.29. The summed E-state index contributed by atoms with van der Waals surface area (Å²) in [6, 6.07) is 16.3. The largest absolute Gasteiger partial charge is 0.497 e. The minimum atomic E-state index is -0.0267. The summed E-state index contributed by atoms with van der Waals surface area (Å²) in [5.74, 6) is 0.850. The van der Waals surface area contributed by atoms with E-state index in [9.17, 15) is 0 Å². The number of alkyl halides is 1. The summed E-state index contributed by atoms with van der Waals surface area (Å²) in [4.78, 5) is 0. The second kappa shape index (κ2) is 5.92. The van der Waals surface area contributed by atoms with Crippen LogP contribution in [0, 0.1) is 6.92 Å². The highest BCUT2D eigenvalue weighted by Gasteiger charge is 2.10. The molecule has 18 heavy (non-hydrogen) atoms. The normalized spacial score (nSPS) is 12.2. The third-order valence-corrected chi connectivity index (χ3v) is 3.52. The molecule has 0 spiro atoms. The van der Waals surface area contributed by atoms with Crippen LogP contribution in [0.5, 0.6) is 5.75 Å². The number of methoxy groups -OCH3 is 1. The Kier molecular flexibility index (Phi) is 4.27. The predicted molar refractivity (Wildman–Crippen MR) is 76.5 cm³/mol. The summed E-state index contributed by atoms with van der Waals surface area (Å²) < 4.78 is 5.22. The molecule has 0 N–H and O–H groups in total. The van der Waals surface area contributed by atoms with Gasteiger partial charge >= 0.3 is 0 Å². The molecule has 0 aromatic heterocycles. The Labute approximate surface area is 113 Å².